The molecule has 10 atom stereocenters. The van der Waals surface area contributed by atoms with Gasteiger partial charge in [-0.15, -0.1) is 0 Å². The number of hydrogen-bond acceptors (Lipinski definition) is 6. The summed E-state index contributed by atoms with van der Waals surface area (Å²) in [5.41, 5.74) is -0.310. The summed E-state index contributed by atoms with van der Waals surface area (Å²) in [7, 11) is 0. The Balaban J connectivity index is 1.42. The number of aliphatic hydroxyl groups excluding tert-OH is 2. The molecular formula is C28H40O6. The van der Waals surface area contributed by atoms with Gasteiger partial charge in [0, 0.05) is 18.3 Å². The van der Waals surface area contributed by atoms with Crippen molar-refractivity contribution in [3.05, 3.63) is 11.1 Å². The second-order valence-electron chi connectivity index (χ2n) is 12.6. The second kappa shape index (κ2) is 7.99. The minimum absolute atomic E-state index is 0.0563. The third-order valence-corrected chi connectivity index (χ3v) is 11.8. The van der Waals surface area contributed by atoms with Crippen molar-refractivity contribution in [2.75, 3.05) is 6.61 Å². The van der Waals surface area contributed by atoms with E-state index in [0.717, 1.165) is 37.5 Å². The first kappa shape index (κ1) is 24.2. The lowest BCUT2D eigenvalue weighted by molar-refractivity contribution is -0.186. The number of cyclic esters (lactones) is 1. The van der Waals surface area contributed by atoms with E-state index in [1.807, 2.05) is 13.8 Å². The molecule has 34 heavy (non-hydrogen) atoms. The normalized spacial score (nSPS) is 49.2. The van der Waals surface area contributed by atoms with Gasteiger partial charge in [-0.2, -0.15) is 0 Å². The molecule has 2 N–H and O–H groups in total. The Kier molecular flexibility index (Phi) is 5.68. The van der Waals surface area contributed by atoms with E-state index in [2.05, 4.69) is 13.8 Å². The summed E-state index contributed by atoms with van der Waals surface area (Å²) in [6.45, 7) is 8.19. The number of ketones is 1. The summed E-state index contributed by atoms with van der Waals surface area (Å²) < 4.78 is 5.82. The highest BCUT2D eigenvalue weighted by Crippen LogP contribution is 2.71. The molecular weight excluding hydrogens is 432 g/mol. The Morgan fingerprint density at radius 1 is 1.15 bits per heavy atom. The van der Waals surface area contributed by atoms with Crippen molar-refractivity contribution in [2.24, 2.45) is 45.8 Å². The van der Waals surface area contributed by atoms with Crippen molar-refractivity contribution < 1.29 is 29.3 Å². The van der Waals surface area contributed by atoms with Crippen LogP contribution in [0.4, 0.5) is 0 Å². The third kappa shape index (κ3) is 2.90. The maximum absolute atomic E-state index is 13.2. The van der Waals surface area contributed by atoms with Crippen molar-refractivity contribution in [1.29, 1.82) is 0 Å². The fourth-order valence-electron chi connectivity index (χ4n) is 9.73. The van der Waals surface area contributed by atoms with Gasteiger partial charge in [-0.1, -0.05) is 26.3 Å². The second-order valence-corrected chi connectivity index (χ2v) is 12.6. The van der Waals surface area contributed by atoms with Gasteiger partial charge in [0.1, 0.15) is 18.2 Å². The van der Waals surface area contributed by atoms with Gasteiger partial charge in [0.2, 0.25) is 0 Å². The predicted molar refractivity (Wildman–Crippen MR) is 125 cm³/mol. The summed E-state index contributed by atoms with van der Waals surface area (Å²) in [6, 6.07) is 0. The molecule has 5 aliphatic rings. The molecule has 1 aliphatic heterocycles. The van der Waals surface area contributed by atoms with Crippen molar-refractivity contribution in [1.82, 2.24) is 0 Å². The summed E-state index contributed by atoms with van der Waals surface area (Å²) in [6.07, 6.45) is 6.13. The van der Waals surface area contributed by atoms with Crippen LogP contribution in [0.2, 0.25) is 0 Å². The molecule has 0 bridgehead atoms. The quantitative estimate of drug-likeness (QED) is 0.479. The van der Waals surface area contributed by atoms with Gasteiger partial charge in [0.05, 0.1) is 23.7 Å². The molecule has 0 aromatic carbocycles. The van der Waals surface area contributed by atoms with Gasteiger partial charge in [-0.25, -0.2) is 4.79 Å². The minimum atomic E-state index is -0.922. The van der Waals surface area contributed by atoms with Crippen LogP contribution in [0.1, 0.15) is 79.1 Å². The molecule has 0 amide bonds. The average molecular weight is 473 g/mol. The van der Waals surface area contributed by atoms with Gasteiger partial charge in [0.25, 0.3) is 0 Å². The van der Waals surface area contributed by atoms with Crippen LogP contribution in [0.15, 0.2) is 11.1 Å². The molecule has 188 valence electrons. The molecule has 0 spiro atoms. The lowest BCUT2D eigenvalue weighted by atomic mass is 9.43. The Labute approximate surface area is 202 Å². The van der Waals surface area contributed by atoms with Gasteiger partial charge in [-0.05, 0) is 80.5 Å². The Hall–Kier alpha value is -1.53. The Morgan fingerprint density at radius 2 is 1.88 bits per heavy atom. The number of esters is 1. The maximum atomic E-state index is 13.2. The van der Waals surface area contributed by atoms with E-state index in [1.165, 1.54) is 0 Å². The monoisotopic (exact) mass is 472 g/mol. The van der Waals surface area contributed by atoms with E-state index in [4.69, 9.17) is 4.74 Å². The van der Waals surface area contributed by atoms with Gasteiger partial charge in [0.15, 0.2) is 0 Å². The first-order valence-corrected chi connectivity index (χ1v) is 13.2. The topological polar surface area (TPSA) is 101 Å². The molecule has 1 heterocycles. The number of aliphatic hydroxyl groups is 2. The number of ether oxygens (including phenoxy) is 1. The fourth-order valence-corrected chi connectivity index (χ4v) is 9.73. The van der Waals surface area contributed by atoms with E-state index in [9.17, 15) is 24.6 Å². The van der Waals surface area contributed by atoms with E-state index < -0.39 is 16.9 Å². The first-order valence-electron chi connectivity index (χ1n) is 13.2. The van der Waals surface area contributed by atoms with Crippen molar-refractivity contribution in [3.8, 4) is 0 Å². The number of Topliss-reactive ketones (excluding diaryl/α,β-unsaturated/α-hetero) is 1. The van der Waals surface area contributed by atoms with Crippen molar-refractivity contribution >= 4 is 18.0 Å². The smallest absolute Gasteiger partial charge is 0.336 e. The molecule has 0 unspecified atom stereocenters. The summed E-state index contributed by atoms with van der Waals surface area (Å²) in [5.74, 6) is 1.14. The number of hydrogen-bond donors (Lipinski definition) is 2. The number of rotatable bonds is 4. The van der Waals surface area contributed by atoms with Crippen LogP contribution >= 0.6 is 0 Å². The standard InChI is InChI=1S/C28H40O6/c1-15-11-22(34-25(33)18(15)13-29)16(2)19-5-6-20-17-12-24(32)28(14-30)10-8-23(31)27(28,4)21(17)7-9-26(19,20)3/h14,16-17,19-22,24,29,32H,5-13H2,1-4H3/t16-,17-,19+,20-,21-,22+,24+,26+,27-,28+/m0/s1. The van der Waals surface area contributed by atoms with Crippen LogP contribution in [0.3, 0.4) is 0 Å². The third-order valence-electron chi connectivity index (χ3n) is 11.8. The lowest BCUT2D eigenvalue weighted by Crippen LogP contribution is -2.62. The Morgan fingerprint density at radius 3 is 2.53 bits per heavy atom. The van der Waals surface area contributed by atoms with Gasteiger partial charge < -0.3 is 19.7 Å². The predicted octanol–water partition coefficient (Wildman–Crippen LogP) is 3.62. The van der Waals surface area contributed by atoms with Crippen LogP contribution in [-0.2, 0) is 19.1 Å². The van der Waals surface area contributed by atoms with E-state index in [1.54, 1.807) is 0 Å². The molecule has 5 rings (SSSR count). The molecule has 4 saturated carbocycles. The van der Waals surface area contributed by atoms with Crippen LogP contribution in [0.25, 0.3) is 0 Å². The van der Waals surface area contributed by atoms with Crippen LogP contribution in [0, 0.1) is 45.8 Å². The van der Waals surface area contributed by atoms with Crippen LogP contribution < -0.4 is 0 Å². The molecule has 0 aromatic rings. The maximum Gasteiger partial charge on any atom is 0.336 e. The van der Waals surface area contributed by atoms with E-state index in [-0.39, 0.29) is 47.6 Å². The van der Waals surface area contributed by atoms with Crippen LogP contribution in [-0.4, -0.2) is 47.1 Å². The number of aldehydes is 1. The van der Waals surface area contributed by atoms with Gasteiger partial charge in [-0.3, -0.25) is 4.79 Å². The number of fused-ring (bicyclic) bond motifs is 5. The highest BCUT2D eigenvalue weighted by molar-refractivity contribution is 5.93. The zero-order chi connectivity index (χ0) is 24.6. The SMILES string of the molecule is CC1=C(CO)C(=O)O[C@@H]([C@@H](C)[C@H]2CC[C@H]3[C@@H]4C[C@@H](O)[C@]5(C=O)CCC(=O)[C@]5(C)[C@H]4CC[C@]23C)C1. The number of carbonyl (C=O) groups is 3. The molecule has 6 heteroatoms. The zero-order valence-electron chi connectivity index (χ0n) is 21.0. The molecule has 0 aromatic heterocycles. The molecule has 4 aliphatic carbocycles. The number of carbonyl (C=O) groups excluding carboxylic acids is 3. The van der Waals surface area contributed by atoms with E-state index >= 15 is 0 Å². The fraction of sp³-hybridized carbons (Fsp3) is 0.821. The van der Waals surface area contributed by atoms with Crippen molar-refractivity contribution in [2.45, 2.75) is 91.3 Å². The minimum Gasteiger partial charge on any atom is -0.458 e. The molecule has 4 fully saturated rings. The van der Waals surface area contributed by atoms with Crippen LogP contribution in [0.5, 0.6) is 0 Å². The summed E-state index contributed by atoms with van der Waals surface area (Å²) >= 11 is 0. The molecule has 0 radical (unpaired) electrons. The molecule has 0 saturated heterocycles. The Bertz CT molecular complexity index is 939. The molecule has 6 nitrogen and oxygen atoms in total. The average Bonchev–Trinajstić information content (AvgIpc) is 3.28. The lowest BCUT2D eigenvalue weighted by Gasteiger charge is -2.61. The van der Waals surface area contributed by atoms with Gasteiger partial charge >= 0.3 is 5.97 Å². The first-order chi connectivity index (χ1) is 16.0. The van der Waals surface area contributed by atoms with E-state index in [0.29, 0.717) is 43.1 Å². The summed E-state index contributed by atoms with van der Waals surface area (Å²) in [5, 5.41) is 20.8. The zero-order valence-corrected chi connectivity index (χ0v) is 21.0. The largest absolute Gasteiger partial charge is 0.458 e. The van der Waals surface area contributed by atoms with Crippen molar-refractivity contribution in [3.63, 3.8) is 0 Å². The highest BCUT2D eigenvalue weighted by atomic mass is 16.5. The summed E-state index contributed by atoms with van der Waals surface area (Å²) in [4.78, 5) is 38.0. The highest BCUT2D eigenvalue weighted by Gasteiger charge is 2.71.